The van der Waals surface area contributed by atoms with Crippen molar-refractivity contribution in [2.75, 3.05) is 24.4 Å². The molecule has 0 aliphatic carbocycles. The highest BCUT2D eigenvalue weighted by atomic mass is 35.5. The average molecular weight is 399 g/mol. The summed E-state index contributed by atoms with van der Waals surface area (Å²) in [6, 6.07) is 14.1. The molecule has 0 aliphatic rings. The van der Waals surface area contributed by atoms with E-state index in [0.29, 0.717) is 34.6 Å². The number of carbonyl (C=O) groups is 1. The maximum absolute atomic E-state index is 11.7. The highest BCUT2D eigenvalue weighted by molar-refractivity contribution is 6.33. The molecule has 3 aromatic rings. The molecule has 0 radical (unpaired) electrons. The van der Waals surface area contributed by atoms with Crippen LogP contribution in [0.2, 0.25) is 5.02 Å². The Morgan fingerprint density at radius 1 is 1.11 bits per heavy atom. The van der Waals surface area contributed by atoms with Gasteiger partial charge in [0.1, 0.15) is 11.6 Å². The van der Waals surface area contributed by atoms with Gasteiger partial charge < -0.3 is 20.1 Å². The van der Waals surface area contributed by atoms with Crippen LogP contribution in [-0.4, -0.2) is 29.7 Å². The van der Waals surface area contributed by atoms with Crippen LogP contribution in [-0.2, 0) is 4.74 Å². The standard InChI is InChI=1S/C20H19ClN4O3/c1-3-28-17-7-5-4-6-15(17)23-18-10-11-22-20(25-18)24-16-12-13(19(26)27-2)8-9-14(16)21/h4-12H,3H2,1-2H3,(H2,22,23,24,25). The molecule has 2 N–H and O–H groups in total. The fraction of sp³-hybridized carbons (Fsp3) is 0.150. The highest BCUT2D eigenvalue weighted by Gasteiger charge is 2.11. The number of para-hydroxylation sites is 2. The Morgan fingerprint density at radius 2 is 1.93 bits per heavy atom. The lowest BCUT2D eigenvalue weighted by molar-refractivity contribution is 0.0601. The number of carbonyl (C=O) groups excluding carboxylic acids is 1. The van der Waals surface area contributed by atoms with E-state index in [0.717, 1.165) is 11.4 Å². The van der Waals surface area contributed by atoms with Gasteiger partial charge in [-0.05, 0) is 43.3 Å². The molecule has 3 rings (SSSR count). The second kappa shape index (κ2) is 9.05. The molecule has 8 heteroatoms. The van der Waals surface area contributed by atoms with Crippen LogP contribution in [0.1, 0.15) is 17.3 Å². The zero-order valence-electron chi connectivity index (χ0n) is 15.4. The minimum atomic E-state index is -0.455. The number of rotatable bonds is 7. The number of anilines is 4. The first kappa shape index (κ1) is 19.4. The van der Waals surface area contributed by atoms with Crippen molar-refractivity contribution in [2.24, 2.45) is 0 Å². The van der Waals surface area contributed by atoms with Crippen molar-refractivity contribution in [3.63, 3.8) is 0 Å². The van der Waals surface area contributed by atoms with Crippen LogP contribution >= 0.6 is 11.6 Å². The van der Waals surface area contributed by atoms with E-state index in [-0.39, 0.29) is 0 Å². The van der Waals surface area contributed by atoms with E-state index in [1.807, 2.05) is 31.2 Å². The lowest BCUT2D eigenvalue weighted by atomic mass is 10.2. The summed E-state index contributed by atoms with van der Waals surface area (Å²) in [7, 11) is 1.32. The number of hydrogen-bond donors (Lipinski definition) is 2. The third-order valence-corrected chi connectivity index (χ3v) is 4.07. The number of nitrogens with one attached hydrogen (secondary N) is 2. The Balaban J connectivity index is 1.82. The summed E-state index contributed by atoms with van der Waals surface area (Å²) >= 11 is 6.22. The second-order valence-electron chi connectivity index (χ2n) is 5.63. The lowest BCUT2D eigenvalue weighted by Gasteiger charge is -2.13. The molecule has 28 heavy (non-hydrogen) atoms. The van der Waals surface area contributed by atoms with Gasteiger partial charge in [-0.3, -0.25) is 0 Å². The SMILES string of the molecule is CCOc1ccccc1Nc1ccnc(Nc2cc(C(=O)OC)ccc2Cl)n1. The molecule has 1 aromatic heterocycles. The van der Waals surface area contributed by atoms with Crippen molar-refractivity contribution in [1.29, 1.82) is 0 Å². The van der Waals surface area contributed by atoms with E-state index in [1.54, 1.807) is 30.5 Å². The van der Waals surface area contributed by atoms with Crippen LogP contribution in [0.3, 0.4) is 0 Å². The van der Waals surface area contributed by atoms with E-state index in [2.05, 4.69) is 20.6 Å². The van der Waals surface area contributed by atoms with Crippen molar-refractivity contribution >= 4 is 40.7 Å². The predicted molar refractivity (Wildman–Crippen MR) is 109 cm³/mol. The first-order valence-corrected chi connectivity index (χ1v) is 8.95. The lowest BCUT2D eigenvalue weighted by Crippen LogP contribution is -2.04. The average Bonchev–Trinajstić information content (AvgIpc) is 2.71. The molecular formula is C20H19ClN4O3. The van der Waals surface area contributed by atoms with Crippen LogP contribution < -0.4 is 15.4 Å². The zero-order valence-corrected chi connectivity index (χ0v) is 16.2. The van der Waals surface area contributed by atoms with Crippen molar-refractivity contribution in [3.05, 3.63) is 65.3 Å². The van der Waals surface area contributed by atoms with E-state index in [1.165, 1.54) is 7.11 Å². The van der Waals surface area contributed by atoms with Crippen molar-refractivity contribution < 1.29 is 14.3 Å². The molecule has 1 heterocycles. The minimum Gasteiger partial charge on any atom is -0.492 e. The molecule has 0 aliphatic heterocycles. The third kappa shape index (κ3) is 4.69. The third-order valence-electron chi connectivity index (χ3n) is 3.74. The van der Waals surface area contributed by atoms with Gasteiger partial charge in [-0.1, -0.05) is 23.7 Å². The number of esters is 1. The van der Waals surface area contributed by atoms with Gasteiger partial charge in [0.15, 0.2) is 0 Å². The first-order chi connectivity index (χ1) is 13.6. The molecule has 0 fully saturated rings. The van der Waals surface area contributed by atoms with Gasteiger partial charge in [0.25, 0.3) is 0 Å². The number of benzene rings is 2. The zero-order chi connectivity index (χ0) is 19.9. The van der Waals surface area contributed by atoms with Gasteiger partial charge in [0.2, 0.25) is 5.95 Å². The normalized spacial score (nSPS) is 10.2. The quantitative estimate of drug-likeness (QED) is 0.552. The highest BCUT2D eigenvalue weighted by Crippen LogP contribution is 2.28. The minimum absolute atomic E-state index is 0.322. The first-order valence-electron chi connectivity index (χ1n) is 8.57. The summed E-state index contributed by atoms with van der Waals surface area (Å²) in [6.45, 7) is 2.49. The fourth-order valence-corrected chi connectivity index (χ4v) is 2.63. The Labute approximate surface area is 167 Å². The Morgan fingerprint density at radius 3 is 2.71 bits per heavy atom. The second-order valence-corrected chi connectivity index (χ2v) is 6.04. The number of ether oxygens (including phenoxy) is 2. The summed E-state index contributed by atoms with van der Waals surface area (Å²) in [6.07, 6.45) is 1.61. The predicted octanol–water partition coefficient (Wildman–Crippen LogP) is 4.80. The molecule has 0 amide bonds. The number of nitrogens with zero attached hydrogens (tertiary/aromatic N) is 2. The van der Waals surface area contributed by atoms with Crippen molar-refractivity contribution in [2.45, 2.75) is 6.92 Å². The summed E-state index contributed by atoms with van der Waals surface area (Å²) in [4.78, 5) is 20.4. The molecule has 0 saturated heterocycles. The van der Waals surface area contributed by atoms with E-state index in [4.69, 9.17) is 21.1 Å². The van der Waals surface area contributed by atoms with Crippen LogP contribution in [0.5, 0.6) is 5.75 Å². The monoisotopic (exact) mass is 398 g/mol. The van der Waals surface area contributed by atoms with Gasteiger partial charge in [-0.15, -0.1) is 0 Å². The molecule has 2 aromatic carbocycles. The van der Waals surface area contributed by atoms with Crippen LogP contribution in [0, 0.1) is 0 Å². The van der Waals surface area contributed by atoms with Crippen molar-refractivity contribution in [1.82, 2.24) is 9.97 Å². The van der Waals surface area contributed by atoms with Gasteiger partial charge in [-0.25, -0.2) is 9.78 Å². The summed E-state index contributed by atoms with van der Waals surface area (Å²) in [5.41, 5.74) is 1.66. The molecule has 0 atom stereocenters. The van der Waals surface area contributed by atoms with Gasteiger partial charge in [-0.2, -0.15) is 4.98 Å². The maximum Gasteiger partial charge on any atom is 0.337 e. The van der Waals surface area contributed by atoms with Crippen molar-refractivity contribution in [3.8, 4) is 5.75 Å². The molecule has 0 unspecified atom stereocenters. The molecule has 0 spiro atoms. The largest absolute Gasteiger partial charge is 0.492 e. The number of aromatic nitrogens is 2. The van der Waals surface area contributed by atoms with E-state index in [9.17, 15) is 4.79 Å². The molecule has 7 nitrogen and oxygen atoms in total. The Hall–Kier alpha value is -3.32. The smallest absolute Gasteiger partial charge is 0.337 e. The molecule has 144 valence electrons. The number of methoxy groups -OCH3 is 1. The Kier molecular flexibility index (Phi) is 6.29. The topological polar surface area (TPSA) is 85.4 Å². The van der Waals surface area contributed by atoms with Gasteiger partial charge in [0, 0.05) is 6.20 Å². The van der Waals surface area contributed by atoms with Gasteiger partial charge in [0.05, 0.1) is 35.7 Å². The molecule has 0 bridgehead atoms. The molecular weight excluding hydrogens is 380 g/mol. The number of halogens is 1. The number of hydrogen-bond acceptors (Lipinski definition) is 7. The summed E-state index contributed by atoms with van der Waals surface area (Å²) in [5, 5.41) is 6.67. The Bertz CT molecular complexity index is 981. The van der Waals surface area contributed by atoms with Crippen LogP contribution in [0.4, 0.5) is 23.1 Å². The fourth-order valence-electron chi connectivity index (χ4n) is 2.46. The summed E-state index contributed by atoms with van der Waals surface area (Å²) < 4.78 is 10.3. The van der Waals surface area contributed by atoms with E-state index >= 15 is 0 Å². The van der Waals surface area contributed by atoms with Crippen LogP contribution in [0.15, 0.2) is 54.7 Å². The van der Waals surface area contributed by atoms with Crippen LogP contribution in [0.25, 0.3) is 0 Å². The molecule has 0 saturated carbocycles. The summed E-state index contributed by atoms with van der Waals surface area (Å²) in [5.74, 6) is 1.17. The maximum atomic E-state index is 11.7. The van der Waals surface area contributed by atoms with Gasteiger partial charge >= 0.3 is 5.97 Å². The van der Waals surface area contributed by atoms with E-state index < -0.39 is 5.97 Å².